The second-order valence-corrected chi connectivity index (χ2v) is 9.22. The maximum absolute atomic E-state index is 13.3. The van der Waals surface area contributed by atoms with E-state index >= 15 is 0 Å². The molecule has 3 saturated heterocycles. The predicted molar refractivity (Wildman–Crippen MR) is 99.3 cm³/mol. The van der Waals surface area contributed by atoms with Gasteiger partial charge in [0.15, 0.2) is 0 Å². The van der Waals surface area contributed by atoms with E-state index in [9.17, 15) is 14.9 Å². The number of fused-ring (bicyclic) bond motifs is 2. The van der Waals surface area contributed by atoms with Crippen molar-refractivity contribution in [2.24, 2.45) is 11.8 Å². The average Bonchev–Trinajstić information content (AvgIpc) is 3.16. The smallest absolute Gasteiger partial charge is 0.310 e. The fourth-order valence-corrected chi connectivity index (χ4v) is 7.67. The summed E-state index contributed by atoms with van der Waals surface area (Å²) in [6.07, 6.45) is 2.55. The maximum Gasteiger partial charge on any atom is 0.335 e. The van der Waals surface area contributed by atoms with Crippen molar-refractivity contribution in [1.29, 1.82) is 0 Å². The highest BCUT2D eigenvalue weighted by Crippen LogP contribution is 2.65. The van der Waals surface area contributed by atoms with Gasteiger partial charge in [-0.2, -0.15) is 0 Å². The molecule has 7 rings (SSSR count). The summed E-state index contributed by atoms with van der Waals surface area (Å²) in [6.45, 7) is 1.79. The second-order valence-electron chi connectivity index (χ2n) is 9.22. The van der Waals surface area contributed by atoms with Crippen LogP contribution in [-0.2, 0) is 14.9 Å². The Kier molecular flexibility index (Phi) is 2.70. The van der Waals surface area contributed by atoms with Gasteiger partial charge in [-0.1, -0.05) is 18.2 Å². The average molecular weight is 379 g/mol. The molecule has 5 aliphatic heterocycles. The first-order valence-electron chi connectivity index (χ1n) is 10.2. The number of piperidine rings is 2. The van der Waals surface area contributed by atoms with Crippen LogP contribution in [-0.4, -0.2) is 53.2 Å². The molecule has 1 aliphatic carbocycles. The molecule has 7 atom stereocenters. The first kappa shape index (κ1) is 15.6. The molecule has 1 aromatic rings. The Hall–Kier alpha value is -2.25. The molecule has 1 aromatic carbocycles. The lowest BCUT2D eigenvalue weighted by Gasteiger charge is -2.58. The highest BCUT2D eigenvalue weighted by Gasteiger charge is 2.71. The lowest BCUT2D eigenvalue weighted by Crippen LogP contribution is -2.69. The fourth-order valence-electron chi connectivity index (χ4n) is 7.67. The molecule has 0 radical (unpaired) electrons. The highest BCUT2D eigenvalue weighted by molar-refractivity contribution is 5.99. The number of ether oxygens (including phenoxy) is 1. The fraction of sp³-hybridized carbons (Fsp3) is 0.571. The van der Waals surface area contributed by atoms with Gasteiger partial charge in [-0.05, 0) is 42.5 Å². The Morgan fingerprint density at radius 3 is 3.00 bits per heavy atom. The van der Waals surface area contributed by atoms with Crippen molar-refractivity contribution in [2.45, 2.75) is 49.1 Å². The van der Waals surface area contributed by atoms with E-state index < -0.39 is 6.23 Å². The normalized spacial score (nSPS) is 44.8. The summed E-state index contributed by atoms with van der Waals surface area (Å²) in [7, 11) is 0. The predicted octanol–water partition coefficient (Wildman–Crippen LogP) is 1.70. The topological polar surface area (TPSA) is 75.9 Å². The summed E-state index contributed by atoms with van der Waals surface area (Å²) in [5, 5.41) is 11.6. The molecule has 7 heteroatoms. The van der Waals surface area contributed by atoms with Crippen molar-refractivity contribution in [3.05, 3.63) is 51.6 Å². The molecule has 0 aromatic heterocycles. The Bertz CT molecular complexity index is 976. The largest absolute Gasteiger partial charge is 0.335 e. The summed E-state index contributed by atoms with van der Waals surface area (Å²) < 4.78 is 6.02. The van der Waals surface area contributed by atoms with Gasteiger partial charge in [-0.3, -0.25) is 19.8 Å². The number of nitrogens with zero attached hydrogens (tertiary/aromatic N) is 3. The molecular formula is C21H21N3O4. The first-order valence-corrected chi connectivity index (χ1v) is 10.2. The maximum atomic E-state index is 13.3. The number of carbonyl (C=O) groups excluding carboxylic acids is 1. The van der Waals surface area contributed by atoms with Crippen LogP contribution in [0.25, 0.3) is 0 Å². The van der Waals surface area contributed by atoms with Crippen LogP contribution in [0.3, 0.4) is 0 Å². The Morgan fingerprint density at radius 1 is 1.29 bits per heavy atom. The van der Waals surface area contributed by atoms with Crippen LogP contribution in [0, 0.1) is 22.0 Å². The van der Waals surface area contributed by atoms with Crippen molar-refractivity contribution < 1.29 is 14.5 Å². The first-order chi connectivity index (χ1) is 13.6. The van der Waals surface area contributed by atoms with Gasteiger partial charge in [0.2, 0.25) is 5.91 Å². The van der Waals surface area contributed by atoms with Gasteiger partial charge in [0.1, 0.15) is 0 Å². The number of hydrogen-bond donors (Lipinski definition) is 0. The van der Waals surface area contributed by atoms with Crippen molar-refractivity contribution >= 4 is 11.6 Å². The second kappa shape index (κ2) is 4.83. The van der Waals surface area contributed by atoms with Crippen molar-refractivity contribution in [3.63, 3.8) is 0 Å². The minimum Gasteiger partial charge on any atom is -0.310 e. The van der Waals surface area contributed by atoms with E-state index in [1.54, 1.807) is 6.08 Å². The standard InChI is InChI=1S/C21H21N3O4/c25-17-9-15-19-12-8-16-21(13-3-1-2-4-14(13)23(17)20(19)21)5-6-22(16)10-11(12)7-18(28-15)24(26)27/h1-4,7,12,15-16,18-20H,5-6,8-10H2. The van der Waals surface area contributed by atoms with Gasteiger partial charge in [-0.15, -0.1) is 0 Å². The Labute approximate surface area is 162 Å². The third-order valence-corrected chi connectivity index (χ3v) is 8.44. The van der Waals surface area contributed by atoms with Gasteiger partial charge in [0.05, 0.1) is 23.5 Å². The number of carbonyl (C=O) groups is 1. The Balaban J connectivity index is 1.50. The third kappa shape index (κ3) is 1.56. The molecule has 5 heterocycles. The number of benzene rings is 1. The molecular weight excluding hydrogens is 358 g/mol. The quantitative estimate of drug-likeness (QED) is 0.422. The molecule has 0 N–H and O–H groups in total. The number of anilines is 1. The van der Waals surface area contributed by atoms with Crippen LogP contribution in [0.2, 0.25) is 0 Å². The van der Waals surface area contributed by atoms with Gasteiger partial charge in [0, 0.05) is 35.7 Å². The van der Waals surface area contributed by atoms with Gasteiger partial charge < -0.3 is 9.64 Å². The molecule has 1 saturated carbocycles. The minimum absolute atomic E-state index is 0.0547. The number of hydrogen-bond acceptors (Lipinski definition) is 5. The molecule has 1 amide bonds. The molecule has 4 fully saturated rings. The summed E-state index contributed by atoms with van der Waals surface area (Å²) in [5.74, 6) is 0.467. The van der Waals surface area contributed by atoms with Crippen molar-refractivity contribution in [3.8, 4) is 0 Å². The molecule has 2 bridgehead atoms. The molecule has 7 unspecified atom stereocenters. The van der Waals surface area contributed by atoms with Crippen LogP contribution >= 0.6 is 0 Å². The molecule has 7 nitrogen and oxygen atoms in total. The van der Waals surface area contributed by atoms with E-state index in [4.69, 9.17) is 4.74 Å². The van der Waals surface area contributed by atoms with Crippen LogP contribution in [0.4, 0.5) is 5.69 Å². The van der Waals surface area contributed by atoms with Crippen LogP contribution in [0.1, 0.15) is 24.8 Å². The summed E-state index contributed by atoms with van der Waals surface area (Å²) in [6, 6.07) is 8.86. The van der Waals surface area contributed by atoms with E-state index in [1.807, 2.05) is 6.07 Å². The number of para-hydroxylation sites is 1. The van der Waals surface area contributed by atoms with Gasteiger partial charge >= 0.3 is 6.23 Å². The molecule has 6 aliphatic rings. The lowest BCUT2D eigenvalue weighted by atomic mass is 9.53. The summed E-state index contributed by atoms with van der Waals surface area (Å²) in [5.41, 5.74) is 3.47. The monoisotopic (exact) mass is 379 g/mol. The SMILES string of the molecule is O=C1CC2OC([N+](=O)[O-])C=C3CN4CCC56c7ccccc7N1C5C2C3CC46. The van der Waals surface area contributed by atoms with E-state index in [1.165, 1.54) is 5.56 Å². The van der Waals surface area contributed by atoms with Crippen molar-refractivity contribution in [1.82, 2.24) is 4.90 Å². The summed E-state index contributed by atoms with van der Waals surface area (Å²) >= 11 is 0. The van der Waals surface area contributed by atoms with Gasteiger partial charge in [-0.25, -0.2) is 0 Å². The number of nitro groups is 1. The minimum atomic E-state index is -1.14. The van der Waals surface area contributed by atoms with E-state index in [2.05, 4.69) is 28.0 Å². The van der Waals surface area contributed by atoms with E-state index in [-0.39, 0.29) is 46.6 Å². The molecule has 1 spiro atoms. The zero-order chi connectivity index (χ0) is 18.8. The zero-order valence-corrected chi connectivity index (χ0v) is 15.4. The summed E-state index contributed by atoms with van der Waals surface area (Å²) in [4.78, 5) is 29.1. The zero-order valence-electron chi connectivity index (χ0n) is 15.4. The lowest BCUT2D eigenvalue weighted by molar-refractivity contribution is -0.565. The van der Waals surface area contributed by atoms with Crippen LogP contribution in [0.5, 0.6) is 0 Å². The van der Waals surface area contributed by atoms with Crippen molar-refractivity contribution in [2.75, 3.05) is 18.0 Å². The van der Waals surface area contributed by atoms with E-state index in [0.717, 1.165) is 37.2 Å². The number of rotatable bonds is 1. The van der Waals surface area contributed by atoms with E-state index in [0.29, 0.717) is 6.04 Å². The highest BCUT2D eigenvalue weighted by atomic mass is 16.7. The van der Waals surface area contributed by atoms with Crippen LogP contribution in [0.15, 0.2) is 35.9 Å². The molecule has 28 heavy (non-hydrogen) atoms. The Morgan fingerprint density at radius 2 is 2.14 bits per heavy atom. The van der Waals surface area contributed by atoms with Crippen LogP contribution < -0.4 is 4.90 Å². The molecule has 144 valence electrons. The number of amides is 1. The van der Waals surface area contributed by atoms with Gasteiger partial charge in [0.25, 0.3) is 0 Å². The third-order valence-electron chi connectivity index (χ3n) is 8.44.